The average Bonchev–Trinajstić information content (AvgIpc) is 2.89. The number of unbranched alkanes of at least 4 members (excludes halogenated alkanes) is 6. The summed E-state index contributed by atoms with van der Waals surface area (Å²) < 4.78 is 17.4. The monoisotopic (exact) mass is 460 g/mol. The van der Waals surface area contributed by atoms with Crippen LogP contribution < -0.4 is 14.2 Å². The van der Waals surface area contributed by atoms with E-state index in [1.165, 1.54) is 49.7 Å². The molecule has 0 saturated carbocycles. The topological polar surface area (TPSA) is 27.7 Å². The van der Waals surface area contributed by atoms with Crippen LogP contribution in [0.3, 0.4) is 0 Å². The molecule has 0 amide bonds. The molecule has 0 bridgehead atoms. The highest BCUT2D eigenvalue weighted by Crippen LogP contribution is 2.34. The van der Waals surface area contributed by atoms with E-state index in [9.17, 15) is 0 Å². The van der Waals surface area contributed by atoms with Crippen molar-refractivity contribution in [1.29, 1.82) is 0 Å². The maximum Gasteiger partial charge on any atom is 0.161 e. The van der Waals surface area contributed by atoms with Gasteiger partial charge in [0.15, 0.2) is 11.5 Å². The van der Waals surface area contributed by atoms with E-state index >= 15 is 0 Å². The number of benzene rings is 3. The number of ether oxygens (including phenoxy) is 3. The van der Waals surface area contributed by atoms with E-state index in [4.69, 9.17) is 14.2 Å². The summed E-state index contributed by atoms with van der Waals surface area (Å²) in [6, 6.07) is 23.2. The molecule has 0 unspecified atom stereocenters. The van der Waals surface area contributed by atoms with Crippen molar-refractivity contribution in [3.05, 3.63) is 66.7 Å². The molecule has 0 saturated heterocycles. The maximum atomic E-state index is 5.96. The van der Waals surface area contributed by atoms with Crippen molar-refractivity contribution in [2.75, 3.05) is 20.3 Å². The van der Waals surface area contributed by atoms with E-state index in [2.05, 4.69) is 74.5 Å². The Balaban J connectivity index is 1.59. The number of hydrogen-bond donors (Lipinski definition) is 0. The van der Waals surface area contributed by atoms with Crippen LogP contribution in [0.2, 0.25) is 0 Å². The van der Waals surface area contributed by atoms with Crippen LogP contribution >= 0.6 is 0 Å². The Labute approximate surface area is 206 Å². The molecule has 0 aliphatic rings. The third kappa shape index (κ3) is 7.83. The van der Waals surface area contributed by atoms with Crippen molar-refractivity contribution in [3.8, 4) is 39.5 Å². The Morgan fingerprint density at radius 2 is 1.00 bits per heavy atom. The van der Waals surface area contributed by atoms with E-state index in [1.54, 1.807) is 7.11 Å². The first-order valence-electron chi connectivity index (χ1n) is 12.9. The Bertz CT molecular complexity index is 961. The number of hydrogen-bond acceptors (Lipinski definition) is 3. The standard InChI is InChI=1S/C31H40O3/c1-4-6-8-10-22-33-29-19-16-26(17-20-29)25-12-14-27(15-13-25)28-18-21-30(31(24-28)32-3)34-23-11-9-7-5-2/h12-21,24H,4-11,22-23H2,1-3H3. The van der Waals surface area contributed by atoms with Crippen LogP contribution in [-0.2, 0) is 0 Å². The molecule has 3 rings (SSSR count). The number of methoxy groups -OCH3 is 1. The lowest BCUT2D eigenvalue weighted by atomic mass is 10.00. The predicted octanol–water partition coefficient (Wildman–Crippen LogP) is 8.95. The first-order valence-corrected chi connectivity index (χ1v) is 12.9. The Hall–Kier alpha value is -2.94. The highest BCUT2D eigenvalue weighted by Gasteiger charge is 2.08. The molecule has 0 atom stereocenters. The minimum absolute atomic E-state index is 0.729. The van der Waals surface area contributed by atoms with Crippen LogP contribution in [0.15, 0.2) is 66.7 Å². The van der Waals surface area contributed by atoms with Gasteiger partial charge in [-0.25, -0.2) is 0 Å². The zero-order chi connectivity index (χ0) is 24.0. The summed E-state index contributed by atoms with van der Waals surface area (Å²) in [6.45, 7) is 5.97. The van der Waals surface area contributed by atoms with Crippen molar-refractivity contribution >= 4 is 0 Å². The summed E-state index contributed by atoms with van der Waals surface area (Å²) in [4.78, 5) is 0. The molecule has 0 fully saturated rings. The van der Waals surface area contributed by atoms with Gasteiger partial charge in [-0.2, -0.15) is 0 Å². The summed E-state index contributed by atoms with van der Waals surface area (Å²) in [7, 11) is 1.70. The van der Waals surface area contributed by atoms with Gasteiger partial charge in [-0.3, -0.25) is 0 Å². The van der Waals surface area contributed by atoms with Crippen molar-refractivity contribution in [3.63, 3.8) is 0 Å². The van der Waals surface area contributed by atoms with Crippen LogP contribution in [0.25, 0.3) is 22.3 Å². The second-order valence-corrected chi connectivity index (χ2v) is 8.79. The summed E-state index contributed by atoms with van der Waals surface area (Å²) in [5, 5.41) is 0. The first-order chi connectivity index (χ1) is 16.7. The minimum atomic E-state index is 0.729. The van der Waals surface area contributed by atoms with Gasteiger partial charge >= 0.3 is 0 Å². The van der Waals surface area contributed by atoms with Crippen molar-refractivity contribution in [1.82, 2.24) is 0 Å². The molecule has 3 aromatic rings. The van der Waals surface area contributed by atoms with Gasteiger partial charge in [0.05, 0.1) is 20.3 Å². The Kier molecular flexibility index (Phi) is 10.8. The fourth-order valence-corrected chi connectivity index (χ4v) is 3.99. The molecular formula is C31H40O3. The summed E-state index contributed by atoms with van der Waals surface area (Å²) in [5.41, 5.74) is 4.66. The molecule has 182 valence electrons. The lowest BCUT2D eigenvalue weighted by molar-refractivity contribution is 0.285. The van der Waals surface area contributed by atoms with Crippen molar-refractivity contribution in [2.24, 2.45) is 0 Å². The van der Waals surface area contributed by atoms with Gasteiger partial charge in [-0.05, 0) is 59.4 Å². The van der Waals surface area contributed by atoms with Crippen LogP contribution in [0.4, 0.5) is 0 Å². The van der Waals surface area contributed by atoms with Gasteiger partial charge in [0.1, 0.15) is 5.75 Å². The van der Waals surface area contributed by atoms with Gasteiger partial charge in [0.2, 0.25) is 0 Å². The molecule has 0 spiro atoms. The molecule has 3 nitrogen and oxygen atoms in total. The van der Waals surface area contributed by atoms with Gasteiger partial charge in [0.25, 0.3) is 0 Å². The van der Waals surface area contributed by atoms with Crippen molar-refractivity contribution < 1.29 is 14.2 Å². The van der Waals surface area contributed by atoms with Gasteiger partial charge in [-0.15, -0.1) is 0 Å². The molecule has 3 heteroatoms. The second kappa shape index (κ2) is 14.3. The first kappa shape index (κ1) is 25.7. The second-order valence-electron chi connectivity index (χ2n) is 8.79. The van der Waals surface area contributed by atoms with E-state index in [1.807, 2.05) is 6.07 Å². The third-order valence-corrected chi connectivity index (χ3v) is 6.09. The van der Waals surface area contributed by atoms with Gasteiger partial charge in [0, 0.05) is 0 Å². The smallest absolute Gasteiger partial charge is 0.161 e. The SMILES string of the molecule is CCCCCCOc1ccc(-c2ccc(-c3ccc(OCCCCCC)c(OC)c3)cc2)cc1. The molecule has 0 heterocycles. The third-order valence-electron chi connectivity index (χ3n) is 6.09. The zero-order valence-corrected chi connectivity index (χ0v) is 21.1. The van der Waals surface area contributed by atoms with Crippen LogP contribution in [0, 0.1) is 0 Å². The van der Waals surface area contributed by atoms with Crippen LogP contribution in [0.5, 0.6) is 17.2 Å². The molecule has 0 N–H and O–H groups in total. The predicted molar refractivity (Wildman–Crippen MR) is 143 cm³/mol. The molecule has 0 aliphatic heterocycles. The Morgan fingerprint density at radius 1 is 0.500 bits per heavy atom. The van der Waals surface area contributed by atoms with E-state index in [0.29, 0.717) is 0 Å². The normalized spacial score (nSPS) is 10.8. The molecular weight excluding hydrogens is 420 g/mol. The quantitative estimate of drug-likeness (QED) is 0.212. The molecule has 34 heavy (non-hydrogen) atoms. The maximum absolute atomic E-state index is 5.96. The van der Waals surface area contributed by atoms with Crippen molar-refractivity contribution in [2.45, 2.75) is 65.2 Å². The fraction of sp³-hybridized carbons (Fsp3) is 0.419. The summed E-state index contributed by atoms with van der Waals surface area (Å²) in [6.07, 6.45) is 9.66. The largest absolute Gasteiger partial charge is 0.494 e. The van der Waals surface area contributed by atoms with Crippen LogP contribution in [0.1, 0.15) is 65.2 Å². The molecule has 0 radical (unpaired) electrons. The minimum Gasteiger partial charge on any atom is -0.494 e. The molecule has 3 aromatic carbocycles. The van der Waals surface area contributed by atoms with E-state index in [-0.39, 0.29) is 0 Å². The van der Waals surface area contributed by atoms with E-state index in [0.717, 1.165) is 54.4 Å². The highest BCUT2D eigenvalue weighted by molar-refractivity contribution is 5.72. The van der Waals surface area contributed by atoms with Gasteiger partial charge in [-0.1, -0.05) is 94.8 Å². The lowest BCUT2D eigenvalue weighted by Crippen LogP contribution is -1.99. The van der Waals surface area contributed by atoms with Gasteiger partial charge < -0.3 is 14.2 Å². The Morgan fingerprint density at radius 3 is 1.56 bits per heavy atom. The highest BCUT2D eigenvalue weighted by atomic mass is 16.5. The summed E-state index contributed by atoms with van der Waals surface area (Å²) in [5.74, 6) is 2.53. The van der Waals surface area contributed by atoms with Crippen LogP contribution in [-0.4, -0.2) is 20.3 Å². The fourth-order valence-electron chi connectivity index (χ4n) is 3.99. The summed E-state index contributed by atoms with van der Waals surface area (Å²) >= 11 is 0. The van der Waals surface area contributed by atoms with E-state index < -0.39 is 0 Å². The average molecular weight is 461 g/mol. The molecule has 0 aromatic heterocycles. The lowest BCUT2D eigenvalue weighted by Gasteiger charge is -2.13. The number of rotatable bonds is 15. The zero-order valence-electron chi connectivity index (χ0n) is 21.1. The molecule has 0 aliphatic carbocycles.